The minimum Gasteiger partial charge on any atom is -0.0628 e. The molecule has 0 heteroatoms. The predicted octanol–water partition coefficient (Wildman–Crippen LogP) is 4.25. The second-order valence-electron chi connectivity index (χ2n) is 5.75. The van der Waals surface area contributed by atoms with Crippen molar-refractivity contribution < 1.29 is 0 Å². The van der Waals surface area contributed by atoms with Crippen LogP contribution in [-0.2, 0) is 0 Å². The van der Waals surface area contributed by atoms with Gasteiger partial charge in [0.05, 0.1) is 0 Å². The van der Waals surface area contributed by atoms with E-state index in [0.717, 1.165) is 23.7 Å². The van der Waals surface area contributed by atoms with E-state index in [1.807, 2.05) is 0 Å². The van der Waals surface area contributed by atoms with Crippen LogP contribution in [0.1, 0.15) is 58.8 Å². The predicted molar refractivity (Wildman–Crippen MR) is 57.6 cm³/mol. The summed E-state index contributed by atoms with van der Waals surface area (Å²) >= 11 is 0. The molecular weight excluding hydrogens is 156 g/mol. The van der Waals surface area contributed by atoms with Gasteiger partial charge in [0.2, 0.25) is 0 Å². The first-order valence-corrected chi connectivity index (χ1v) is 6.25. The molecule has 0 saturated heterocycles. The normalized spacial score (nSPS) is 25.2. The summed E-state index contributed by atoms with van der Waals surface area (Å²) in [6, 6.07) is 0. The fraction of sp³-hybridized carbons (Fsp3) is 1.00. The fourth-order valence-electron chi connectivity index (χ4n) is 2.58. The van der Waals surface area contributed by atoms with E-state index < -0.39 is 0 Å². The van der Waals surface area contributed by atoms with Crippen LogP contribution in [0.3, 0.4) is 0 Å². The molecule has 0 amide bonds. The average Bonchev–Trinajstić information content (AvgIpc) is 2.88. The molecule has 0 bridgehead atoms. The van der Waals surface area contributed by atoms with Crippen LogP contribution in [0, 0.1) is 23.7 Å². The zero-order valence-electron chi connectivity index (χ0n) is 9.26. The summed E-state index contributed by atoms with van der Waals surface area (Å²) in [5.41, 5.74) is 0. The summed E-state index contributed by atoms with van der Waals surface area (Å²) < 4.78 is 0. The molecule has 0 radical (unpaired) electrons. The van der Waals surface area contributed by atoms with Crippen molar-refractivity contribution in [3.05, 3.63) is 0 Å². The molecule has 0 N–H and O–H groups in total. The first kappa shape index (κ1) is 9.55. The molecule has 1 atom stereocenters. The van der Waals surface area contributed by atoms with Crippen molar-refractivity contribution in [1.29, 1.82) is 0 Å². The van der Waals surface area contributed by atoms with Crippen molar-refractivity contribution in [2.24, 2.45) is 23.7 Å². The molecular formula is C13H24. The Bertz CT molecular complexity index is 151. The Balaban J connectivity index is 1.68. The second kappa shape index (κ2) is 4.02. The molecule has 0 aromatic carbocycles. The van der Waals surface area contributed by atoms with Crippen molar-refractivity contribution in [2.75, 3.05) is 0 Å². The van der Waals surface area contributed by atoms with Gasteiger partial charge in [-0.05, 0) is 49.4 Å². The van der Waals surface area contributed by atoms with Gasteiger partial charge in [-0.1, -0.05) is 33.1 Å². The second-order valence-corrected chi connectivity index (χ2v) is 5.75. The summed E-state index contributed by atoms with van der Waals surface area (Å²) in [4.78, 5) is 0. The topological polar surface area (TPSA) is 0 Å². The highest BCUT2D eigenvalue weighted by molar-refractivity contribution is 4.84. The molecule has 2 saturated carbocycles. The Morgan fingerprint density at radius 2 is 1.77 bits per heavy atom. The number of rotatable bonds is 6. The highest BCUT2D eigenvalue weighted by Crippen LogP contribution is 2.44. The third-order valence-corrected chi connectivity index (χ3v) is 3.71. The number of hydrogen-bond donors (Lipinski definition) is 0. The SMILES string of the molecule is CC(C)CC(CCC1CC1)C1CC1. The zero-order valence-corrected chi connectivity index (χ0v) is 9.26. The number of hydrogen-bond acceptors (Lipinski definition) is 0. The molecule has 0 aromatic heterocycles. The lowest BCUT2D eigenvalue weighted by molar-refractivity contribution is 0.333. The van der Waals surface area contributed by atoms with E-state index >= 15 is 0 Å². The minimum atomic E-state index is 0.921. The van der Waals surface area contributed by atoms with E-state index in [4.69, 9.17) is 0 Å². The molecule has 13 heavy (non-hydrogen) atoms. The molecule has 0 nitrogen and oxygen atoms in total. The van der Waals surface area contributed by atoms with E-state index in [0.29, 0.717) is 0 Å². The van der Waals surface area contributed by atoms with Crippen LogP contribution in [0.5, 0.6) is 0 Å². The van der Waals surface area contributed by atoms with Crippen LogP contribution in [0.25, 0.3) is 0 Å². The lowest BCUT2D eigenvalue weighted by Gasteiger charge is -2.18. The molecule has 0 aliphatic heterocycles. The van der Waals surface area contributed by atoms with Crippen LogP contribution >= 0.6 is 0 Å². The van der Waals surface area contributed by atoms with Crippen LogP contribution < -0.4 is 0 Å². The van der Waals surface area contributed by atoms with Crippen LogP contribution in [-0.4, -0.2) is 0 Å². The monoisotopic (exact) mass is 180 g/mol. The highest BCUT2D eigenvalue weighted by atomic mass is 14.4. The molecule has 0 spiro atoms. The fourth-order valence-corrected chi connectivity index (χ4v) is 2.58. The highest BCUT2D eigenvalue weighted by Gasteiger charge is 2.32. The molecule has 0 heterocycles. The van der Waals surface area contributed by atoms with E-state index in [1.165, 1.54) is 6.42 Å². The van der Waals surface area contributed by atoms with Gasteiger partial charge in [0.25, 0.3) is 0 Å². The van der Waals surface area contributed by atoms with Crippen molar-refractivity contribution in [3.63, 3.8) is 0 Å². The summed E-state index contributed by atoms with van der Waals surface area (Å²) in [6.07, 6.45) is 10.8. The molecule has 76 valence electrons. The van der Waals surface area contributed by atoms with Gasteiger partial charge in [0, 0.05) is 0 Å². The molecule has 2 rings (SSSR count). The van der Waals surface area contributed by atoms with Gasteiger partial charge in [0.1, 0.15) is 0 Å². The van der Waals surface area contributed by atoms with Gasteiger partial charge in [-0.25, -0.2) is 0 Å². The lowest BCUT2D eigenvalue weighted by atomic mass is 9.88. The van der Waals surface area contributed by atoms with E-state index in [1.54, 1.807) is 38.5 Å². The Kier molecular flexibility index (Phi) is 2.96. The molecule has 2 aliphatic rings. The van der Waals surface area contributed by atoms with Crippen molar-refractivity contribution in [3.8, 4) is 0 Å². The van der Waals surface area contributed by atoms with Crippen molar-refractivity contribution in [1.82, 2.24) is 0 Å². The maximum absolute atomic E-state index is 2.38. The van der Waals surface area contributed by atoms with Crippen molar-refractivity contribution in [2.45, 2.75) is 58.8 Å². The largest absolute Gasteiger partial charge is 0.0628 e. The first-order valence-electron chi connectivity index (χ1n) is 6.25. The van der Waals surface area contributed by atoms with Crippen LogP contribution in [0.2, 0.25) is 0 Å². The van der Waals surface area contributed by atoms with E-state index in [9.17, 15) is 0 Å². The minimum absolute atomic E-state index is 0.921. The smallest absolute Gasteiger partial charge is 0.0383 e. The standard InChI is InChI=1S/C13H24/c1-10(2)9-13(12-7-8-12)6-5-11-3-4-11/h10-13H,3-9H2,1-2H3. The van der Waals surface area contributed by atoms with E-state index in [2.05, 4.69) is 13.8 Å². The molecule has 2 aliphatic carbocycles. The molecule has 2 fully saturated rings. The Hall–Kier alpha value is 0. The first-order chi connectivity index (χ1) is 6.25. The third-order valence-electron chi connectivity index (χ3n) is 3.71. The van der Waals surface area contributed by atoms with Gasteiger partial charge in [-0.2, -0.15) is 0 Å². The quantitative estimate of drug-likeness (QED) is 0.573. The van der Waals surface area contributed by atoms with Gasteiger partial charge in [-0.3, -0.25) is 0 Å². The Morgan fingerprint density at radius 1 is 1.08 bits per heavy atom. The summed E-state index contributed by atoms with van der Waals surface area (Å²) in [6.45, 7) is 4.76. The van der Waals surface area contributed by atoms with Crippen molar-refractivity contribution >= 4 is 0 Å². The zero-order chi connectivity index (χ0) is 9.26. The summed E-state index contributed by atoms with van der Waals surface area (Å²) in [5, 5.41) is 0. The molecule has 1 unspecified atom stereocenters. The average molecular weight is 180 g/mol. The Labute approximate surface area is 83.1 Å². The van der Waals surface area contributed by atoms with Gasteiger partial charge < -0.3 is 0 Å². The summed E-state index contributed by atoms with van der Waals surface area (Å²) in [7, 11) is 0. The maximum Gasteiger partial charge on any atom is -0.0383 e. The maximum atomic E-state index is 2.38. The van der Waals surface area contributed by atoms with Crippen LogP contribution in [0.15, 0.2) is 0 Å². The van der Waals surface area contributed by atoms with E-state index in [-0.39, 0.29) is 0 Å². The summed E-state index contributed by atoms with van der Waals surface area (Å²) in [5.74, 6) is 4.31. The van der Waals surface area contributed by atoms with Gasteiger partial charge in [0.15, 0.2) is 0 Å². The Morgan fingerprint density at radius 3 is 2.23 bits per heavy atom. The third kappa shape index (κ3) is 3.32. The lowest BCUT2D eigenvalue weighted by Crippen LogP contribution is -2.07. The molecule has 0 aromatic rings. The van der Waals surface area contributed by atoms with Gasteiger partial charge >= 0.3 is 0 Å². The van der Waals surface area contributed by atoms with Gasteiger partial charge in [-0.15, -0.1) is 0 Å². The van der Waals surface area contributed by atoms with Crippen LogP contribution in [0.4, 0.5) is 0 Å².